The first kappa shape index (κ1) is 13.2. The van der Waals surface area contributed by atoms with E-state index in [0.717, 1.165) is 30.7 Å². The summed E-state index contributed by atoms with van der Waals surface area (Å²) in [5.41, 5.74) is 0. The molecule has 1 saturated heterocycles. The normalized spacial score (nSPS) is 19.7. The quantitative estimate of drug-likeness (QED) is 0.691. The van der Waals surface area contributed by atoms with Crippen LogP contribution in [0.5, 0.6) is 0 Å². The molecule has 1 N–H and O–H groups in total. The molecule has 0 amide bonds. The second-order valence-corrected chi connectivity index (χ2v) is 5.77. The first-order chi connectivity index (χ1) is 9.74. The van der Waals surface area contributed by atoms with Crippen LogP contribution < -0.4 is 5.32 Å². The van der Waals surface area contributed by atoms with Gasteiger partial charge in [0.15, 0.2) is 5.82 Å². The molecule has 20 heavy (non-hydrogen) atoms. The van der Waals surface area contributed by atoms with Crippen LogP contribution in [0.15, 0.2) is 16.7 Å². The molecule has 8 heteroatoms. The lowest BCUT2D eigenvalue weighted by atomic mass is 10.1. The van der Waals surface area contributed by atoms with Gasteiger partial charge in [0.1, 0.15) is 0 Å². The minimum atomic E-state index is -0.418. The van der Waals surface area contributed by atoms with Crippen LogP contribution in [0.1, 0.15) is 37.5 Å². The molecule has 0 spiro atoms. The fourth-order valence-corrected chi connectivity index (χ4v) is 3.01. The monoisotopic (exact) mass is 294 g/mol. The zero-order valence-corrected chi connectivity index (χ0v) is 11.6. The van der Waals surface area contributed by atoms with Crippen LogP contribution in [0.25, 0.3) is 10.8 Å². The summed E-state index contributed by atoms with van der Waals surface area (Å²) in [5, 5.41) is 18.1. The standard InChI is InChI=1S/C12H14N4O3S/c17-16(18)10-6-5-9(20-10)12-14-11(15-19-12)8-4-2-1-3-7-13-8/h5-6,8,13H,1-4,7H2. The van der Waals surface area contributed by atoms with Crippen molar-refractivity contribution < 1.29 is 9.45 Å². The average Bonchev–Trinajstić information content (AvgIpc) is 3.02. The summed E-state index contributed by atoms with van der Waals surface area (Å²) in [5.74, 6) is 0.988. The fourth-order valence-electron chi connectivity index (χ4n) is 2.27. The summed E-state index contributed by atoms with van der Waals surface area (Å²) >= 11 is 1.04. The Bertz CT molecular complexity index is 601. The Balaban J connectivity index is 1.79. The number of aromatic nitrogens is 2. The molecule has 7 nitrogen and oxygen atoms in total. The van der Waals surface area contributed by atoms with Crippen molar-refractivity contribution in [1.29, 1.82) is 0 Å². The lowest BCUT2D eigenvalue weighted by Crippen LogP contribution is -2.21. The SMILES string of the molecule is O=[N+]([O-])c1ccc(-c2nc(C3CCCCCN3)no2)s1. The number of hydrogen-bond donors (Lipinski definition) is 1. The number of rotatable bonds is 3. The fraction of sp³-hybridized carbons (Fsp3) is 0.500. The molecule has 2 aromatic rings. The predicted octanol–water partition coefficient (Wildman–Crippen LogP) is 2.91. The largest absolute Gasteiger partial charge is 0.333 e. The van der Waals surface area contributed by atoms with E-state index >= 15 is 0 Å². The number of hydrogen-bond acceptors (Lipinski definition) is 7. The first-order valence-electron chi connectivity index (χ1n) is 6.55. The molecular weight excluding hydrogens is 280 g/mol. The van der Waals surface area contributed by atoms with Crippen LogP contribution in [-0.4, -0.2) is 21.6 Å². The predicted molar refractivity (Wildman–Crippen MR) is 73.5 cm³/mol. The topological polar surface area (TPSA) is 94.1 Å². The van der Waals surface area contributed by atoms with Gasteiger partial charge in [-0.15, -0.1) is 0 Å². The Morgan fingerprint density at radius 1 is 1.40 bits per heavy atom. The minimum absolute atomic E-state index is 0.0762. The van der Waals surface area contributed by atoms with Gasteiger partial charge in [-0.1, -0.05) is 29.3 Å². The molecular formula is C12H14N4O3S. The Labute approximate surface area is 119 Å². The first-order valence-corrected chi connectivity index (χ1v) is 7.37. The van der Waals surface area contributed by atoms with Gasteiger partial charge in [0.25, 0.3) is 5.89 Å². The highest BCUT2D eigenvalue weighted by Gasteiger charge is 2.21. The zero-order chi connectivity index (χ0) is 13.9. The van der Waals surface area contributed by atoms with Gasteiger partial charge in [-0.05, 0) is 25.5 Å². The maximum Gasteiger partial charge on any atom is 0.324 e. The summed E-state index contributed by atoms with van der Waals surface area (Å²) in [6.45, 7) is 0.957. The second kappa shape index (κ2) is 5.68. The maximum atomic E-state index is 10.7. The van der Waals surface area contributed by atoms with E-state index in [1.807, 2.05) is 0 Å². The number of nitro groups is 1. The van der Waals surface area contributed by atoms with Crippen LogP contribution >= 0.6 is 11.3 Å². The van der Waals surface area contributed by atoms with Crippen LogP contribution in [0.2, 0.25) is 0 Å². The molecule has 3 rings (SSSR count). The van der Waals surface area contributed by atoms with E-state index in [9.17, 15) is 10.1 Å². The highest BCUT2D eigenvalue weighted by molar-refractivity contribution is 7.18. The summed E-state index contributed by atoms with van der Waals surface area (Å²) in [6.07, 6.45) is 4.51. The van der Waals surface area contributed by atoms with E-state index < -0.39 is 4.92 Å². The van der Waals surface area contributed by atoms with Crippen LogP contribution in [0, 0.1) is 10.1 Å². The Kier molecular flexibility index (Phi) is 3.75. The third-order valence-corrected chi connectivity index (χ3v) is 4.32. The highest BCUT2D eigenvalue weighted by atomic mass is 32.1. The molecule has 1 aliphatic heterocycles. The smallest absolute Gasteiger partial charge is 0.324 e. The summed E-state index contributed by atoms with van der Waals surface area (Å²) in [7, 11) is 0. The van der Waals surface area contributed by atoms with E-state index in [0.29, 0.717) is 16.6 Å². The van der Waals surface area contributed by atoms with Gasteiger partial charge in [-0.2, -0.15) is 4.98 Å². The van der Waals surface area contributed by atoms with Gasteiger partial charge >= 0.3 is 5.00 Å². The highest BCUT2D eigenvalue weighted by Crippen LogP contribution is 2.32. The molecule has 106 valence electrons. The molecule has 0 aromatic carbocycles. The Hall–Kier alpha value is -1.80. The van der Waals surface area contributed by atoms with Crippen molar-refractivity contribution in [3.8, 4) is 10.8 Å². The van der Waals surface area contributed by atoms with E-state index in [4.69, 9.17) is 4.52 Å². The Morgan fingerprint density at radius 3 is 3.10 bits per heavy atom. The summed E-state index contributed by atoms with van der Waals surface area (Å²) < 4.78 is 5.22. The molecule has 1 fully saturated rings. The minimum Gasteiger partial charge on any atom is -0.333 e. The molecule has 1 unspecified atom stereocenters. The number of nitrogens with zero attached hydrogens (tertiary/aromatic N) is 3. The maximum absolute atomic E-state index is 10.7. The lowest BCUT2D eigenvalue weighted by Gasteiger charge is -2.09. The zero-order valence-electron chi connectivity index (χ0n) is 10.7. The summed E-state index contributed by atoms with van der Waals surface area (Å²) in [6, 6.07) is 3.21. The van der Waals surface area contributed by atoms with E-state index in [1.165, 1.54) is 18.9 Å². The van der Waals surface area contributed by atoms with Gasteiger partial charge in [-0.25, -0.2) is 0 Å². The van der Waals surface area contributed by atoms with Crippen molar-refractivity contribution in [2.24, 2.45) is 0 Å². The molecule has 3 heterocycles. The number of thiophene rings is 1. The molecule has 0 bridgehead atoms. The van der Waals surface area contributed by atoms with Crippen molar-refractivity contribution in [1.82, 2.24) is 15.5 Å². The van der Waals surface area contributed by atoms with Crippen molar-refractivity contribution in [3.05, 3.63) is 28.1 Å². The molecule has 0 radical (unpaired) electrons. The van der Waals surface area contributed by atoms with Gasteiger partial charge in [0, 0.05) is 6.07 Å². The van der Waals surface area contributed by atoms with Crippen molar-refractivity contribution >= 4 is 16.3 Å². The number of nitrogens with one attached hydrogen (secondary N) is 1. The van der Waals surface area contributed by atoms with Gasteiger partial charge in [0.05, 0.1) is 15.8 Å². The van der Waals surface area contributed by atoms with Crippen molar-refractivity contribution in [3.63, 3.8) is 0 Å². The van der Waals surface area contributed by atoms with E-state index in [1.54, 1.807) is 6.07 Å². The third-order valence-electron chi connectivity index (χ3n) is 3.30. The molecule has 0 saturated carbocycles. The Morgan fingerprint density at radius 2 is 2.30 bits per heavy atom. The second-order valence-electron chi connectivity index (χ2n) is 4.71. The third kappa shape index (κ3) is 2.70. The van der Waals surface area contributed by atoms with E-state index in [-0.39, 0.29) is 11.0 Å². The molecule has 1 aliphatic rings. The summed E-state index contributed by atoms with van der Waals surface area (Å²) in [4.78, 5) is 15.3. The van der Waals surface area contributed by atoms with Crippen molar-refractivity contribution in [2.45, 2.75) is 31.7 Å². The van der Waals surface area contributed by atoms with E-state index in [2.05, 4.69) is 15.5 Å². The van der Waals surface area contributed by atoms with Crippen molar-refractivity contribution in [2.75, 3.05) is 6.54 Å². The van der Waals surface area contributed by atoms with Crippen LogP contribution in [-0.2, 0) is 0 Å². The average molecular weight is 294 g/mol. The van der Waals surface area contributed by atoms with Gasteiger partial charge < -0.3 is 9.84 Å². The van der Waals surface area contributed by atoms with Gasteiger partial charge in [-0.3, -0.25) is 10.1 Å². The molecule has 2 aromatic heterocycles. The molecule has 1 atom stereocenters. The van der Waals surface area contributed by atoms with Gasteiger partial charge in [0.2, 0.25) is 0 Å². The molecule has 0 aliphatic carbocycles. The van der Waals surface area contributed by atoms with Crippen LogP contribution in [0.3, 0.4) is 0 Å². The lowest BCUT2D eigenvalue weighted by molar-refractivity contribution is -0.380. The van der Waals surface area contributed by atoms with Crippen LogP contribution in [0.4, 0.5) is 5.00 Å².